The molecule has 0 amide bonds. The third kappa shape index (κ3) is 2.24. The van der Waals surface area contributed by atoms with Crippen LogP contribution in [0.1, 0.15) is 36.6 Å². The smallest absolute Gasteiger partial charge is 0.306 e. The maximum Gasteiger partial charge on any atom is 0.323 e. The quantitative estimate of drug-likeness (QED) is 0.819. The van der Waals surface area contributed by atoms with Gasteiger partial charge < -0.3 is 9.97 Å². The van der Waals surface area contributed by atoms with Crippen LogP contribution in [-0.4, -0.2) is 9.97 Å². The van der Waals surface area contributed by atoms with Crippen molar-refractivity contribution in [3.63, 3.8) is 0 Å². The SMILES string of the molecule is O=c1[nH]c2cc(Br)c(C(Cl)CC3CCC3)cc2[nH]1. The van der Waals surface area contributed by atoms with E-state index in [-0.39, 0.29) is 11.1 Å². The van der Waals surface area contributed by atoms with Crippen molar-refractivity contribution in [2.45, 2.75) is 31.1 Å². The maximum absolute atomic E-state index is 11.3. The molecule has 1 heterocycles. The van der Waals surface area contributed by atoms with Crippen molar-refractivity contribution in [2.75, 3.05) is 0 Å². The van der Waals surface area contributed by atoms with Crippen LogP contribution in [0.15, 0.2) is 21.4 Å². The van der Waals surface area contributed by atoms with E-state index in [1.165, 1.54) is 19.3 Å². The molecule has 0 spiro atoms. The molecule has 18 heavy (non-hydrogen) atoms. The summed E-state index contributed by atoms with van der Waals surface area (Å²) >= 11 is 10.0. The van der Waals surface area contributed by atoms with Crippen molar-refractivity contribution >= 4 is 38.6 Å². The van der Waals surface area contributed by atoms with Crippen LogP contribution in [-0.2, 0) is 0 Å². The molecule has 0 saturated heterocycles. The standard InChI is InChI=1S/C13H14BrClN2O/c14-9-6-12-11(16-13(18)17-12)5-8(9)10(15)4-7-2-1-3-7/h5-7,10H,1-4H2,(H2,16,17,18). The van der Waals surface area contributed by atoms with Crippen LogP contribution in [0.5, 0.6) is 0 Å². The molecular formula is C13H14BrClN2O. The van der Waals surface area contributed by atoms with Gasteiger partial charge in [0.15, 0.2) is 0 Å². The van der Waals surface area contributed by atoms with Gasteiger partial charge in [0.25, 0.3) is 0 Å². The number of imidazole rings is 1. The van der Waals surface area contributed by atoms with Gasteiger partial charge in [0.05, 0.1) is 16.4 Å². The number of benzene rings is 1. The Bertz CT molecular complexity index is 629. The topological polar surface area (TPSA) is 48.6 Å². The van der Waals surface area contributed by atoms with E-state index in [0.717, 1.165) is 33.4 Å². The number of halogens is 2. The Balaban J connectivity index is 1.93. The predicted octanol–water partition coefficient (Wildman–Crippen LogP) is 4.09. The summed E-state index contributed by atoms with van der Waals surface area (Å²) in [5.74, 6) is 0.764. The largest absolute Gasteiger partial charge is 0.323 e. The number of nitrogens with one attached hydrogen (secondary N) is 2. The third-order valence-electron chi connectivity index (χ3n) is 3.74. The highest BCUT2D eigenvalue weighted by atomic mass is 79.9. The van der Waals surface area contributed by atoms with Gasteiger partial charge in [-0.25, -0.2) is 4.79 Å². The van der Waals surface area contributed by atoms with Gasteiger partial charge in [-0.1, -0.05) is 35.2 Å². The highest BCUT2D eigenvalue weighted by molar-refractivity contribution is 9.10. The van der Waals surface area contributed by atoms with Crippen molar-refractivity contribution in [2.24, 2.45) is 5.92 Å². The van der Waals surface area contributed by atoms with Crippen LogP contribution in [0.25, 0.3) is 11.0 Å². The minimum atomic E-state index is -0.181. The Morgan fingerprint density at radius 3 is 2.61 bits per heavy atom. The zero-order valence-corrected chi connectivity index (χ0v) is 12.1. The molecule has 1 aromatic carbocycles. The first kappa shape index (κ1) is 12.3. The van der Waals surface area contributed by atoms with Crippen molar-refractivity contribution in [1.82, 2.24) is 9.97 Å². The molecule has 1 saturated carbocycles. The van der Waals surface area contributed by atoms with Crippen LogP contribution < -0.4 is 5.69 Å². The van der Waals surface area contributed by atoms with Crippen LogP contribution in [0, 0.1) is 5.92 Å². The minimum absolute atomic E-state index is 0.00692. The molecule has 0 aliphatic heterocycles. The first-order chi connectivity index (χ1) is 8.63. The van der Waals surface area contributed by atoms with E-state index >= 15 is 0 Å². The normalized spacial score (nSPS) is 17.9. The van der Waals surface area contributed by atoms with Gasteiger partial charge in [-0.3, -0.25) is 0 Å². The highest BCUT2D eigenvalue weighted by Crippen LogP contribution is 2.40. The number of hydrogen-bond acceptors (Lipinski definition) is 1. The average Bonchev–Trinajstić information content (AvgIpc) is 2.61. The molecule has 0 radical (unpaired) electrons. The maximum atomic E-state index is 11.3. The molecule has 1 atom stereocenters. The van der Waals surface area contributed by atoms with Gasteiger partial charge in [-0.15, -0.1) is 11.6 Å². The Labute approximate surface area is 118 Å². The molecule has 96 valence electrons. The second kappa shape index (κ2) is 4.74. The lowest BCUT2D eigenvalue weighted by molar-refractivity contribution is 0.293. The number of aromatic nitrogens is 2. The van der Waals surface area contributed by atoms with Crippen molar-refractivity contribution in [3.8, 4) is 0 Å². The summed E-state index contributed by atoms with van der Waals surface area (Å²) in [6.45, 7) is 0. The van der Waals surface area contributed by atoms with Crippen LogP contribution in [0.2, 0.25) is 0 Å². The summed E-state index contributed by atoms with van der Waals surface area (Å²) in [6, 6.07) is 3.88. The van der Waals surface area contributed by atoms with Crippen LogP contribution in [0.3, 0.4) is 0 Å². The molecule has 3 rings (SSSR count). The van der Waals surface area contributed by atoms with Gasteiger partial charge in [-0.05, 0) is 30.0 Å². The lowest BCUT2D eigenvalue weighted by atomic mass is 9.81. The molecule has 1 aliphatic carbocycles. The fourth-order valence-electron chi connectivity index (χ4n) is 2.46. The van der Waals surface area contributed by atoms with Crippen molar-refractivity contribution in [1.29, 1.82) is 0 Å². The number of H-pyrrole nitrogens is 2. The van der Waals surface area contributed by atoms with E-state index < -0.39 is 0 Å². The Morgan fingerprint density at radius 2 is 2.00 bits per heavy atom. The number of hydrogen-bond donors (Lipinski definition) is 2. The summed E-state index contributed by atoms with van der Waals surface area (Å²) < 4.78 is 0.963. The molecule has 0 bridgehead atoms. The zero-order valence-electron chi connectivity index (χ0n) is 9.80. The summed E-state index contributed by atoms with van der Waals surface area (Å²) in [6.07, 6.45) is 4.94. The minimum Gasteiger partial charge on any atom is -0.306 e. The molecule has 1 fully saturated rings. The van der Waals surface area contributed by atoms with E-state index in [4.69, 9.17) is 11.6 Å². The van der Waals surface area contributed by atoms with Gasteiger partial charge in [0.1, 0.15) is 0 Å². The summed E-state index contributed by atoms with van der Waals surface area (Å²) in [5, 5.41) is 0.00692. The fraction of sp³-hybridized carbons (Fsp3) is 0.462. The second-order valence-electron chi connectivity index (χ2n) is 5.00. The van der Waals surface area contributed by atoms with Gasteiger partial charge >= 0.3 is 5.69 Å². The first-order valence-electron chi connectivity index (χ1n) is 6.19. The van der Waals surface area contributed by atoms with E-state index in [0.29, 0.717) is 0 Å². The molecule has 1 unspecified atom stereocenters. The molecule has 1 aromatic heterocycles. The monoisotopic (exact) mass is 328 g/mol. The zero-order chi connectivity index (χ0) is 12.7. The van der Waals surface area contributed by atoms with E-state index in [1.54, 1.807) is 0 Å². The Kier molecular flexibility index (Phi) is 3.24. The third-order valence-corrected chi connectivity index (χ3v) is 4.84. The molecule has 5 heteroatoms. The number of rotatable bonds is 3. The number of aromatic amines is 2. The van der Waals surface area contributed by atoms with E-state index in [2.05, 4.69) is 25.9 Å². The molecule has 3 nitrogen and oxygen atoms in total. The highest BCUT2D eigenvalue weighted by Gasteiger charge is 2.23. The number of alkyl halides is 1. The molecule has 1 aliphatic rings. The van der Waals surface area contributed by atoms with E-state index in [9.17, 15) is 4.79 Å². The first-order valence-corrected chi connectivity index (χ1v) is 7.42. The van der Waals surface area contributed by atoms with Crippen LogP contribution in [0.4, 0.5) is 0 Å². The fourth-order valence-corrected chi connectivity index (χ4v) is 3.64. The number of fused-ring (bicyclic) bond motifs is 1. The molecule has 2 N–H and O–H groups in total. The lowest BCUT2D eigenvalue weighted by Crippen LogP contribution is -2.13. The summed E-state index contributed by atoms with van der Waals surface area (Å²) in [4.78, 5) is 16.8. The summed E-state index contributed by atoms with van der Waals surface area (Å²) in [7, 11) is 0. The predicted molar refractivity (Wildman–Crippen MR) is 77.2 cm³/mol. The average molecular weight is 330 g/mol. The van der Waals surface area contributed by atoms with Crippen LogP contribution >= 0.6 is 27.5 Å². The van der Waals surface area contributed by atoms with Crippen molar-refractivity contribution in [3.05, 3.63) is 32.7 Å². The van der Waals surface area contributed by atoms with Gasteiger partial charge in [-0.2, -0.15) is 0 Å². The van der Waals surface area contributed by atoms with Gasteiger partial charge in [0.2, 0.25) is 0 Å². The summed E-state index contributed by atoms with van der Waals surface area (Å²) in [5.41, 5.74) is 2.51. The molecule has 2 aromatic rings. The van der Waals surface area contributed by atoms with E-state index in [1.807, 2.05) is 12.1 Å². The second-order valence-corrected chi connectivity index (χ2v) is 6.38. The lowest BCUT2D eigenvalue weighted by Gasteiger charge is -2.27. The van der Waals surface area contributed by atoms with Gasteiger partial charge in [0, 0.05) is 4.47 Å². The molecular weight excluding hydrogens is 316 g/mol. The van der Waals surface area contributed by atoms with Crippen molar-refractivity contribution < 1.29 is 0 Å². The Morgan fingerprint density at radius 1 is 1.33 bits per heavy atom. The Hall–Kier alpha value is -0.740.